The first-order valence-electron chi connectivity index (χ1n) is 6.88. The molecule has 0 bridgehead atoms. The highest BCUT2D eigenvalue weighted by Gasteiger charge is 2.17. The summed E-state index contributed by atoms with van der Waals surface area (Å²) in [6.07, 6.45) is 4.46. The zero-order valence-corrected chi connectivity index (χ0v) is 11.3. The predicted octanol–water partition coefficient (Wildman–Crippen LogP) is 1.81. The van der Waals surface area contributed by atoms with Gasteiger partial charge in [0.05, 0.1) is 0 Å². The summed E-state index contributed by atoms with van der Waals surface area (Å²) >= 11 is 0. The van der Waals surface area contributed by atoms with Gasteiger partial charge in [-0.3, -0.25) is 9.78 Å². The molecule has 0 aromatic carbocycles. The van der Waals surface area contributed by atoms with Crippen LogP contribution in [0.5, 0.6) is 0 Å². The van der Waals surface area contributed by atoms with Gasteiger partial charge in [-0.2, -0.15) is 0 Å². The minimum atomic E-state index is -0.105. The quantitative estimate of drug-likeness (QED) is 0.850. The minimum Gasteiger partial charge on any atom is -0.385 e. The van der Waals surface area contributed by atoms with E-state index in [2.05, 4.69) is 22.5 Å². The number of hydrogen-bond acceptors (Lipinski definition) is 4. The SMILES string of the molecule is CCCNc1ccnc(C(=O)NC2CCOCC2)c1. The Balaban J connectivity index is 1.93. The summed E-state index contributed by atoms with van der Waals surface area (Å²) in [4.78, 5) is 16.2. The van der Waals surface area contributed by atoms with Crippen LogP contribution in [0.25, 0.3) is 0 Å². The van der Waals surface area contributed by atoms with Crippen molar-refractivity contribution >= 4 is 11.6 Å². The molecule has 0 saturated carbocycles. The van der Waals surface area contributed by atoms with E-state index in [1.807, 2.05) is 6.07 Å². The molecule has 5 nitrogen and oxygen atoms in total. The first-order chi connectivity index (χ1) is 9.29. The van der Waals surface area contributed by atoms with E-state index in [4.69, 9.17) is 4.74 Å². The van der Waals surface area contributed by atoms with Crippen molar-refractivity contribution < 1.29 is 9.53 Å². The summed E-state index contributed by atoms with van der Waals surface area (Å²) in [7, 11) is 0. The molecule has 1 aliphatic heterocycles. The van der Waals surface area contributed by atoms with E-state index in [1.54, 1.807) is 12.3 Å². The van der Waals surface area contributed by atoms with Gasteiger partial charge in [0.15, 0.2) is 0 Å². The summed E-state index contributed by atoms with van der Waals surface area (Å²) in [6, 6.07) is 3.88. The van der Waals surface area contributed by atoms with Crippen molar-refractivity contribution in [3.63, 3.8) is 0 Å². The molecule has 2 rings (SSSR count). The van der Waals surface area contributed by atoms with Crippen molar-refractivity contribution in [3.8, 4) is 0 Å². The number of amides is 1. The Hall–Kier alpha value is -1.62. The number of ether oxygens (including phenoxy) is 1. The van der Waals surface area contributed by atoms with Gasteiger partial charge in [-0.05, 0) is 31.4 Å². The molecule has 1 aromatic heterocycles. The molecule has 104 valence electrons. The first kappa shape index (κ1) is 13.8. The van der Waals surface area contributed by atoms with E-state index in [1.165, 1.54) is 0 Å². The summed E-state index contributed by atoms with van der Waals surface area (Å²) in [5.41, 5.74) is 1.40. The van der Waals surface area contributed by atoms with Crippen LogP contribution in [0.15, 0.2) is 18.3 Å². The maximum Gasteiger partial charge on any atom is 0.270 e. The fourth-order valence-electron chi connectivity index (χ4n) is 2.04. The molecular formula is C14H21N3O2. The minimum absolute atomic E-state index is 0.105. The Morgan fingerprint density at radius 3 is 3.00 bits per heavy atom. The van der Waals surface area contributed by atoms with Crippen molar-refractivity contribution in [2.75, 3.05) is 25.1 Å². The van der Waals surface area contributed by atoms with Gasteiger partial charge in [0.25, 0.3) is 5.91 Å². The maximum atomic E-state index is 12.1. The average molecular weight is 263 g/mol. The number of hydrogen-bond donors (Lipinski definition) is 2. The molecule has 1 saturated heterocycles. The molecule has 1 fully saturated rings. The Morgan fingerprint density at radius 2 is 2.26 bits per heavy atom. The van der Waals surface area contributed by atoms with Crippen LogP contribution in [-0.2, 0) is 4.74 Å². The monoisotopic (exact) mass is 263 g/mol. The van der Waals surface area contributed by atoms with Crippen molar-refractivity contribution in [2.24, 2.45) is 0 Å². The molecule has 19 heavy (non-hydrogen) atoms. The summed E-state index contributed by atoms with van der Waals surface area (Å²) in [6.45, 7) is 4.44. The first-order valence-corrected chi connectivity index (χ1v) is 6.88. The third-order valence-corrected chi connectivity index (χ3v) is 3.13. The highest BCUT2D eigenvalue weighted by Crippen LogP contribution is 2.10. The van der Waals surface area contributed by atoms with Crippen LogP contribution in [0.3, 0.4) is 0 Å². The molecule has 0 radical (unpaired) electrons. The van der Waals surface area contributed by atoms with Gasteiger partial charge in [-0.15, -0.1) is 0 Å². The van der Waals surface area contributed by atoms with E-state index < -0.39 is 0 Å². The molecule has 1 amide bonds. The number of rotatable bonds is 5. The van der Waals surface area contributed by atoms with Crippen LogP contribution in [0.1, 0.15) is 36.7 Å². The standard InChI is InChI=1S/C14H21N3O2/c1-2-6-15-12-3-7-16-13(10-12)14(18)17-11-4-8-19-9-5-11/h3,7,10-11H,2,4-6,8-9H2,1H3,(H,15,16)(H,17,18). The second-order valence-electron chi connectivity index (χ2n) is 4.72. The van der Waals surface area contributed by atoms with Crippen molar-refractivity contribution in [3.05, 3.63) is 24.0 Å². The van der Waals surface area contributed by atoms with Gasteiger partial charge in [0, 0.05) is 37.7 Å². The number of pyridine rings is 1. The second kappa shape index (κ2) is 7.09. The third kappa shape index (κ3) is 4.21. The lowest BCUT2D eigenvalue weighted by molar-refractivity contribution is 0.0694. The molecule has 0 unspecified atom stereocenters. The fourth-order valence-corrected chi connectivity index (χ4v) is 2.04. The number of aromatic nitrogens is 1. The van der Waals surface area contributed by atoms with Gasteiger partial charge >= 0.3 is 0 Å². The predicted molar refractivity (Wildman–Crippen MR) is 74.3 cm³/mol. The van der Waals surface area contributed by atoms with Crippen LogP contribution in [-0.4, -0.2) is 36.7 Å². The zero-order valence-electron chi connectivity index (χ0n) is 11.3. The lowest BCUT2D eigenvalue weighted by Gasteiger charge is -2.22. The van der Waals surface area contributed by atoms with E-state index >= 15 is 0 Å². The summed E-state index contributed by atoms with van der Waals surface area (Å²) < 4.78 is 5.27. The van der Waals surface area contributed by atoms with Crippen LogP contribution >= 0.6 is 0 Å². The highest BCUT2D eigenvalue weighted by molar-refractivity contribution is 5.93. The molecule has 5 heteroatoms. The number of carbonyl (C=O) groups is 1. The molecule has 0 aliphatic carbocycles. The van der Waals surface area contributed by atoms with Crippen LogP contribution in [0.4, 0.5) is 5.69 Å². The Morgan fingerprint density at radius 1 is 1.47 bits per heavy atom. The Bertz CT molecular complexity index is 417. The average Bonchev–Trinajstić information content (AvgIpc) is 2.46. The van der Waals surface area contributed by atoms with Gasteiger partial charge in [-0.1, -0.05) is 6.92 Å². The van der Waals surface area contributed by atoms with E-state index in [-0.39, 0.29) is 11.9 Å². The molecule has 2 heterocycles. The van der Waals surface area contributed by atoms with Gasteiger partial charge in [0.2, 0.25) is 0 Å². The van der Waals surface area contributed by atoms with E-state index in [9.17, 15) is 4.79 Å². The third-order valence-electron chi connectivity index (χ3n) is 3.13. The Kier molecular flexibility index (Phi) is 5.15. The number of nitrogens with one attached hydrogen (secondary N) is 2. The van der Waals surface area contributed by atoms with Crippen LogP contribution < -0.4 is 10.6 Å². The summed E-state index contributed by atoms with van der Waals surface area (Å²) in [5, 5.41) is 6.26. The molecule has 1 aliphatic rings. The highest BCUT2D eigenvalue weighted by atomic mass is 16.5. The maximum absolute atomic E-state index is 12.1. The fraction of sp³-hybridized carbons (Fsp3) is 0.571. The van der Waals surface area contributed by atoms with Crippen LogP contribution in [0.2, 0.25) is 0 Å². The van der Waals surface area contributed by atoms with Crippen molar-refractivity contribution in [2.45, 2.75) is 32.2 Å². The number of nitrogens with zero attached hydrogens (tertiary/aromatic N) is 1. The topological polar surface area (TPSA) is 63.2 Å². The zero-order chi connectivity index (χ0) is 13.5. The molecule has 2 N–H and O–H groups in total. The van der Waals surface area contributed by atoms with Gasteiger partial charge < -0.3 is 15.4 Å². The van der Waals surface area contributed by atoms with Crippen molar-refractivity contribution in [1.82, 2.24) is 10.3 Å². The lowest BCUT2D eigenvalue weighted by Crippen LogP contribution is -2.39. The van der Waals surface area contributed by atoms with E-state index in [0.717, 1.165) is 44.7 Å². The lowest BCUT2D eigenvalue weighted by atomic mass is 10.1. The van der Waals surface area contributed by atoms with E-state index in [0.29, 0.717) is 5.69 Å². The van der Waals surface area contributed by atoms with Crippen molar-refractivity contribution in [1.29, 1.82) is 0 Å². The Labute approximate surface area is 113 Å². The summed E-state index contributed by atoms with van der Waals surface area (Å²) in [5.74, 6) is -0.105. The second-order valence-corrected chi connectivity index (χ2v) is 4.72. The number of carbonyl (C=O) groups excluding carboxylic acids is 1. The molecule has 1 aromatic rings. The molecule has 0 atom stereocenters. The van der Waals surface area contributed by atoms with Gasteiger partial charge in [-0.25, -0.2) is 0 Å². The largest absolute Gasteiger partial charge is 0.385 e. The molecular weight excluding hydrogens is 242 g/mol. The smallest absolute Gasteiger partial charge is 0.270 e. The molecule has 0 spiro atoms. The number of anilines is 1. The van der Waals surface area contributed by atoms with Gasteiger partial charge in [0.1, 0.15) is 5.69 Å². The normalized spacial score (nSPS) is 16.1. The van der Waals surface area contributed by atoms with Crippen LogP contribution in [0, 0.1) is 0 Å².